The second kappa shape index (κ2) is 8.11. The van der Waals surface area contributed by atoms with Crippen LogP contribution in [0.3, 0.4) is 0 Å². The number of hydrogen-bond donors (Lipinski definition) is 0. The van der Waals surface area contributed by atoms with Gasteiger partial charge in [-0.2, -0.15) is 0 Å². The van der Waals surface area contributed by atoms with E-state index in [4.69, 9.17) is 4.74 Å². The Morgan fingerprint density at radius 1 is 0.720 bits per heavy atom. The zero-order chi connectivity index (χ0) is 17.6. The Bertz CT molecular complexity index is 777. The SMILES string of the molecule is CCCCCCCCOc1cccc2c1C(=O)c1ccccc1C2=O. The van der Waals surface area contributed by atoms with Crippen LogP contribution in [0.1, 0.15) is 77.3 Å². The second-order valence-corrected chi connectivity index (χ2v) is 6.50. The molecule has 0 N–H and O–H groups in total. The van der Waals surface area contributed by atoms with Crippen molar-refractivity contribution in [1.82, 2.24) is 0 Å². The zero-order valence-corrected chi connectivity index (χ0v) is 14.7. The summed E-state index contributed by atoms with van der Waals surface area (Å²) in [6, 6.07) is 12.3. The Kier molecular flexibility index (Phi) is 5.64. The van der Waals surface area contributed by atoms with Gasteiger partial charge in [0.1, 0.15) is 5.75 Å². The van der Waals surface area contributed by atoms with Crippen LogP contribution in [0.4, 0.5) is 0 Å². The van der Waals surface area contributed by atoms with Crippen LogP contribution in [-0.4, -0.2) is 18.2 Å². The molecule has 0 amide bonds. The van der Waals surface area contributed by atoms with Crippen molar-refractivity contribution in [3.8, 4) is 5.75 Å². The fourth-order valence-corrected chi connectivity index (χ4v) is 3.30. The first-order chi connectivity index (χ1) is 12.2. The molecule has 2 aromatic carbocycles. The fraction of sp³-hybridized carbons (Fsp3) is 0.364. The first-order valence-electron chi connectivity index (χ1n) is 9.18. The molecule has 0 saturated carbocycles. The molecular formula is C22H24O3. The predicted octanol–water partition coefficient (Wildman–Crippen LogP) is 5.20. The van der Waals surface area contributed by atoms with Crippen molar-refractivity contribution in [2.45, 2.75) is 45.4 Å². The number of fused-ring (bicyclic) bond motifs is 2. The average Bonchev–Trinajstić information content (AvgIpc) is 2.65. The molecule has 0 radical (unpaired) electrons. The summed E-state index contributed by atoms with van der Waals surface area (Å²) in [4.78, 5) is 25.5. The molecule has 0 unspecified atom stereocenters. The summed E-state index contributed by atoms with van der Waals surface area (Å²) in [6.45, 7) is 2.78. The van der Waals surface area contributed by atoms with Gasteiger partial charge in [-0.25, -0.2) is 0 Å². The minimum atomic E-state index is -0.122. The number of benzene rings is 2. The minimum absolute atomic E-state index is 0.102. The largest absolute Gasteiger partial charge is 0.493 e. The summed E-state index contributed by atoms with van der Waals surface area (Å²) in [7, 11) is 0. The second-order valence-electron chi connectivity index (χ2n) is 6.50. The maximum Gasteiger partial charge on any atom is 0.198 e. The Labute approximate surface area is 149 Å². The minimum Gasteiger partial charge on any atom is -0.493 e. The van der Waals surface area contributed by atoms with Gasteiger partial charge in [-0.1, -0.05) is 75.4 Å². The molecule has 130 valence electrons. The summed E-state index contributed by atoms with van der Waals surface area (Å²) in [5, 5.41) is 0. The summed E-state index contributed by atoms with van der Waals surface area (Å²) in [6.07, 6.45) is 7.10. The molecule has 3 nitrogen and oxygen atoms in total. The van der Waals surface area contributed by atoms with Gasteiger partial charge < -0.3 is 4.74 Å². The van der Waals surface area contributed by atoms with E-state index in [0.29, 0.717) is 34.6 Å². The molecule has 0 bridgehead atoms. The number of ketones is 2. The predicted molar refractivity (Wildman–Crippen MR) is 98.6 cm³/mol. The van der Waals surface area contributed by atoms with Crippen molar-refractivity contribution >= 4 is 11.6 Å². The van der Waals surface area contributed by atoms with Gasteiger partial charge in [0.2, 0.25) is 0 Å². The standard InChI is InChI=1S/C22H24O3/c1-2-3-4-5-6-9-15-25-19-14-10-13-18-20(19)22(24)17-12-8-7-11-16(17)21(18)23/h7-8,10-14H,2-6,9,15H2,1H3. The van der Waals surface area contributed by atoms with Crippen LogP contribution in [0, 0.1) is 0 Å². The Hall–Kier alpha value is -2.42. The van der Waals surface area contributed by atoms with Gasteiger partial charge in [0, 0.05) is 16.7 Å². The van der Waals surface area contributed by atoms with Crippen LogP contribution in [-0.2, 0) is 0 Å². The van der Waals surface area contributed by atoms with Crippen LogP contribution in [0.5, 0.6) is 5.75 Å². The zero-order valence-electron chi connectivity index (χ0n) is 14.7. The number of unbranched alkanes of at least 4 members (excludes halogenated alkanes) is 5. The molecule has 0 aliphatic heterocycles. The lowest BCUT2D eigenvalue weighted by Crippen LogP contribution is -2.21. The van der Waals surface area contributed by atoms with Gasteiger partial charge in [-0.3, -0.25) is 9.59 Å². The van der Waals surface area contributed by atoms with Crippen molar-refractivity contribution in [3.05, 3.63) is 64.7 Å². The molecule has 0 aromatic heterocycles. The molecule has 3 heteroatoms. The summed E-state index contributed by atoms with van der Waals surface area (Å²) in [5.74, 6) is 0.304. The van der Waals surface area contributed by atoms with Crippen molar-refractivity contribution in [1.29, 1.82) is 0 Å². The van der Waals surface area contributed by atoms with E-state index in [9.17, 15) is 9.59 Å². The lowest BCUT2D eigenvalue weighted by molar-refractivity contribution is 0.0975. The van der Waals surface area contributed by atoms with E-state index >= 15 is 0 Å². The molecule has 0 atom stereocenters. The molecule has 1 aliphatic rings. The van der Waals surface area contributed by atoms with Gasteiger partial charge in [-0.15, -0.1) is 0 Å². The maximum absolute atomic E-state index is 12.8. The van der Waals surface area contributed by atoms with Crippen molar-refractivity contribution in [2.75, 3.05) is 6.61 Å². The third-order valence-corrected chi connectivity index (χ3v) is 4.67. The molecule has 2 aromatic rings. The highest BCUT2D eigenvalue weighted by molar-refractivity contribution is 6.29. The van der Waals surface area contributed by atoms with Crippen LogP contribution < -0.4 is 4.74 Å². The Morgan fingerprint density at radius 3 is 2.12 bits per heavy atom. The van der Waals surface area contributed by atoms with E-state index in [2.05, 4.69) is 6.92 Å². The van der Waals surface area contributed by atoms with Crippen molar-refractivity contribution in [3.63, 3.8) is 0 Å². The lowest BCUT2D eigenvalue weighted by atomic mass is 9.83. The smallest absolute Gasteiger partial charge is 0.198 e. The van der Waals surface area contributed by atoms with Gasteiger partial charge in [-0.05, 0) is 12.5 Å². The number of carbonyl (C=O) groups is 2. The highest BCUT2D eigenvalue weighted by atomic mass is 16.5. The molecule has 3 rings (SSSR count). The highest BCUT2D eigenvalue weighted by Crippen LogP contribution is 2.33. The van der Waals surface area contributed by atoms with Crippen LogP contribution in [0.25, 0.3) is 0 Å². The van der Waals surface area contributed by atoms with E-state index < -0.39 is 0 Å². The van der Waals surface area contributed by atoms with E-state index in [1.807, 2.05) is 0 Å². The van der Waals surface area contributed by atoms with Crippen LogP contribution in [0.15, 0.2) is 42.5 Å². The average molecular weight is 336 g/mol. The fourth-order valence-electron chi connectivity index (χ4n) is 3.30. The van der Waals surface area contributed by atoms with Crippen molar-refractivity contribution < 1.29 is 14.3 Å². The third kappa shape index (κ3) is 3.65. The third-order valence-electron chi connectivity index (χ3n) is 4.67. The van der Waals surface area contributed by atoms with Gasteiger partial charge >= 0.3 is 0 Å². The van der Waals surface area contributed by atoms with Gasteiger partial charge in [0.15, 0.2) is 11.6 Å². The Balaban J connectivity index is 1.72. The Morgan fingerprint density at radius 2 is 1.36 bits per heavy atom. The highest BCUT2D eigenvalue weighted by Gasteiger charge is 2.31. The monoisotopic (exact) mass is 336 g/mol. The first kappa shape index (κ1) is 17.4. The topological polar surface area (TPSA) is 43.4 Å². The van der Waals surface area contributed by atoms with Crippen LogP contribution >= 0.6 is 0 Å². The first-order valence-corrected chi connectivity index (χ1v) is 9.18. The summed E-state index contributed by atoms with van der Waals surface area (Å²) in [5.41, 5.74) is 1.81. The summed E-state index contributed by atoms with van der Waals surface area (Å²) >= 11 is 0. The van der Waals surface area contributed by atoms with Crippen LogP contribution in [0.2, 0.25) is 0 Å². The number of carbonyl (C=O) groups excluding carboxylic acids is 2. The van der Waals surface area contributed by atoms with Gasteiger partial charge in [0.05, 0.1) is 12.2 Å². The normalized spacial score (nSPS) is 12.7. The summed E-state index contributed by atoms with van der Waals surface area (Å²) < 4.78 is 5.87. The quantitative estimate of drug-likeness (QED) is 0.531. The molecule has 0 saturated heterocycles. The number of hydrogen-bond acceptors (Lipinski definition) is 3. The molecular weight excluding hydrogens is 312 g/mol. The molecule has 0 fully saturated rings. The molecule has 0 spiro atoms. The number of rotatable bonds is 8. The van der Waals surface area contributed by atoms with E-state index in [0.717, 1.165) is 12.8 Å². The lowest BCUT2D eigenvalue weighted by Gasteiger charge is -2.20. The van der Waals surface area contributed by atoms with E-state index in [1.54, 1.807) is 42.5 Å². The molecule has 0 heterocycles. The molecule has 25 heavy (non-hydrogen) atoms. The van der Waals surface area contributed by atoms with Gasteiger partial charge in [0.25, 0.3) is 0 Å². The van der Waals surface area contributed by atoms with E-state index in [1.165, 1.54) is 25.7 Å². The van der Waals surface area contributed by atoms with Crippen molar-refractivity contribution in [2.24, 2.45) is 0 Å². The van der Waals surface area contributed by atoms with E-state index in [-0.39, 0.29) is 11.6 Å². The maximum atomic E-state index is 12.8. The molecule has 1 aliphatic carbocycles. The number of ether oxygens (including phenoxy) is 1.